The molecule has 2 fully saturated rings. The van der Waals surface area contributed by atoms with Crippen LogP contribution in [0.5, 0.6) is 5.75 Å². The van der Waals surface area contributed by atoms with Gasteiger partial charge in [0.05, 0.1) is 37.2 Å². The molecule has 10 heteroatoms. The van der Waals surface area contributed by atoms with Gasteiger partial charge in [0.25, 0.3) is 0 Å². The third-order valence-corrected chi connectivity index (χ3v) is 9.20. The van der Waals surface area contributed by atoms with Gasteiger partial charge in [0.15, 0.2) is 0 Å². The standard InChI is InChI=1S/C32H46O10/c1-18(11-12-23(38-7)21-9-8-10-22(34)13-21)29-19(2)25-16-32(42-29)30(4,5)17-31(6,37)26(41-32)15-28(36)39-24(20(3)33)14-27(35)40-25/h8-10,13,15,18-20,23-25,29,33-34,37H,11-12,14,16-17H2,1-7H3/b26-15-/t18-,19-,20+,23-,24+,25-,29+,31+,32+/m0/s1. The van der Waals surface area contributed by atoms with E-state index in [0.29, 0.717) is 12.8 Å². The van der Waals surface area contributed by atoms with Crippen LogP contribution < -0.4 is 0 Å². The first kappa shape index (κ1) is 32.3. The number of rotatable bonds is 7. The molecule has 1 spiro atoms. The Bertz CT molecular complexity index is 1170. The predicted molar refractivity (Wildman–Crippen MR) is 152 cm³/mol. The molecule has 1 aromatic carbocycles. The molecule has 234 valence electrons. The normalized spacial score (nSPS) is 36.5. The Labute approximate surface area is 247 Å². The maximum absolute atomic E-state index is 13.1. The number of benzene rings is 1. The summed E-state index contributed by atoms with van der Waals surface area (Å²) in [5.41, 5.74) is -1.37. The SMILES string of the molecule is CO[C@@H](CC[C@H](C)[C@H]1O[C@@]23C[C@H](OC(=O)C[C@H]([C@@H](C)O)OC(=O)/C=C(\O2)[C@](C)(O)CC3(C)C)[C@@H]1C)c1cccc(O)c1. The predicted octanol–water partition coefficient (Wildman–Crippen LogP) is 4.31. The number of aromatic hydroxyl groups is 1. The van der Waals surface area contributed by atoms with Gasteiger partial charge >= 0.3 is 11.9 Å². The van der Waals surface area contributed by atoms with Crippen molar-refractivity contribution in [2.24, 2.45) is 17.3 Å². The number of hydrogen-bond donors (Lipinski definition) is 3. The highest BCUT2D eigenvalue weighted by atomic mass is 16.7. The summed E-state index contributed by atoms with van der Waals surface area (Å²) in [4.78, 5) is 26.0. The van der Waals surface area contributed by atoms with Gasteiger partial charge < -0.3 is 39.0 Å². The minimum absolute atomic E-state index is 0.00565. The number of ether oxygens (including phenoxy) is 5. The Hall–Kier alpha value is -2.66. The van der Waals surface area contributed by atoms with Crippen LogP contribution in [0.25, 0.3) is 0 Å². The summed E-state index contributed by atoms with van der Waals surface area (Å²) in [7, 11) is 1.64. The van der Waals surface area contributed by atoms with Crippen LogP contribution in [0, 0.1) is 17.3 Å². The van der Waals surface area contributed by atoms with Crippen molar-refractivity contribution < 1.29 is 48.6 Å². The zero-order valence-corrected chi connectivity index (χ0v) is 25.7. The first-order valence-corrected chi connectivity index (χ1v) is 14.8. The van der Waals surface area contributed by atoms with Crippen molar-refractivity contribution in [3.63, 3.8) is 0 Å². The van der Waals surface area contributed by atoms with Crippen molar-refractivity contribution in [2.45, 2.75) is 116 Å². The monoisotopic (exact) mass is 590 g/mol. The Morgan fingerprint density at radius 1 is 1.12 bits per heavy atom. The van der Waals surface area contributed by atoms with E-state index in [1.165, 1.54) is 6.92 Å². The molecular weight excluding hydrogens is 544 g/mol. The van der Waals surface area contributed by atoms with Crippen LogP contribution in [0.4, 0.5) is 0 Å². The van der Waals surface area contributed by atoms with Crippen molar-refractivity contribution in [2.75, 3.05) is 7.11 Å². The second-order valence-electron chi connectivity index (χ2n) is 13.2. The molecule has 0 saturated carbocycles. The maximum Gasteiger partial charge on any atom is 0.334 e. The first-order valence-electron chi connectivity index (χ1n) is 14.8. The van der Waals surface area contributed by atoms with Gasteiger partial charge in [-0.15, -0.1) is 0 Å². The Balaban J connectivity index is 1.68. The summed E-state index contributed by atoms with van der Waals surface area (Å²) in [6.45, 7) is 10.9. The van der Waals surface area contributed by atoms with E-state index >= 15 is 0 Å². The van der Waals surface area contributed by atoms with E-state index in [1.54, 1.807) is 32.2 Å². The van der Waals surface area contributed by atoms with E-state index in [-0.39, 0.29) is 48.7 Å². The van der Waals surface area contributed by atoms with Crippen molar-refractivity contribution in [1.82, 2.24) is 0 Å². The van der Waals surface area contributed by atoms with Crippen LogP contribution in [0.1, 0.15) is 85.3 Å². The molecular formula is C32H46O10. The molecule has 0 aliphatic carbocycles. The second-order valence-corrected chi connectivity index (χ2v) is 13.2. The molecule has 2 saturated heterocycles. The van der Waals surface area contributed by atoms with Gasteiger partial charge in [0.2, 0.25) is 5.79 Å². The van der Waals surface area contributed by atoms with Crippen molar-refractivity contribution >= 4 is 11.9 Å². The lowest BCUT2D eigenvalue weighted by Gasteiger charge is -2.59. The molecule has 3 bridgehead atoms. The van der Waals surface area contributed by atoms with Crippen LogP contribution in [0.15, 0.2) is 36.1 Å². The average molecular weight is 591 g/mol. The highest BCUT2D eigenvalue weighted by Gasteiger charge is 2.63. The van der Waals surface area contributed by atoms with Crippen molar-refractivity contribution in [1.29, 1.82) is 0 Å². The summed E-state index contributed by atoms with van der Waals surface area (Å²) >= 11 is 0. The Kier molecular flexibility index (Phi) is 9.33. The number of carbonyl (C=O) groups is 2. The molecule has 3 heterocycles. The minimum Gasteiger partial charge on any atom is -0.508 e. The van der Waals surface area contributed by atoms with Gasteiger partial charge in [-0.05, 0) is 56.7 Å². The lowest BCUT2D eigenvalue weighted by molar-refractivity contribution is -0.371. The molecule has 1 aromatic rings. The minimum atomic E-state index is -1.50. The zero-order valence-electron chi connectivity index (χ0n) is 25.7. The summed E-state index contributed by atoms with van der Waals surface area (Å²) < 4.78 is 30.5. The Morgan fingerprint density at radius 2 is 1.83 bits per heavy atom. The third kappa shape index (κ3) is 6.61. The molecule has 3 aliphatic rings. The van der Waals surface area contributed by atoms with Gasteiger partial charge in [-0.3, -0.25) is 4.79 Å². The van der Waals surface area contributed by atoms with E-state index in [9.17, 15) is 24.9 Å². The molecule has 4 rings (SSSR count). The highest BCUT2D eigenvalue weighted by molar-refractivity contribution is 5.83. The highest BCUT2D eigenvalue weighted by Crippen LogP contribution is 2.56. The second kappa shape index (κ2) is 12.1. The van der Waals surface area contributed by atoms with Gasteiger partial charge in [-0.1, -0.05) is 39.8 Å². The molecule has 10 nitrogen and oxygen atoms in total. The van der Waals surface area contributed by atoms with Gasteiger partial charge in [0, 0.05) is 18.4 Å². The van der Waals surface area contributed by atoms with Crippen LogP contribution >= 0.6 is 0 Å². The van der Waals surface area contributed by atoms with E-state index in [1.807, 2.05) is 26.8 Å². The molecule has 0 aromatic heterocycles. The van der Waals surface area contributed by atoms with Crippen molar-refractivity contribution in [3.8, 4) is 5.75 Å². The fourth-order valence-corrected chi connectivity index (χ4v) is 6.72. The number of cyclic esters (lactones) is 1. The third-order valence-electron chi connectivity index (χ3n) is 9.20. The lowest BCUT2D eigenvalue weighted by atomic mass is 9.66. The van der Waals surface area contributed by atoms with Gasteiger partial charge in [-0.2, -0.15) is 0 Å². The maximum atomic E-state index is 13.1. The van der Waals surface area contributed by atoms with Crippen LogP contribution in [0.2, 0.25) is 0 Å². The molecule has 3 N–H and O–H groups in total. The summed E-state index contributed by atoms with van der Waals surface area (Å²) in [6.07, 6.45) is -0.974. The fraction of sp³-hybridized carbons (Fsp3) is 0.688. The lowest BCUT2D eigenvalue weighted by Crippen LogP contribution is -2.65. The average Bonchev–Trinajstić information content (AvgIpc) is 2.88. The summed E-state index contributed by atoms with van der Waals surface area (Å²) in [5, 5.41) is 31.5. The van der Waals surface area contributed by atoms with Gasteiger partial charge in [0.1, 0.15) is 29.3 Å². The smallest absolute Gasteiger partial charge is 0.334 e. The van der Waals surface area contributed by atoms with E-state index in [0.717, 1.165) is 11.6 Å². The topological polar surface area (TPSA) is 141 Å². The zero-order chi connectivity index (χ0) is 31.0. The quantitative estimate of drug-likeness (QED) is 0.394. The van der Waals surface area contributed by atoms with E-state index in [4.69, 9.17) is 23.7 Å². The summed E-state index contributed by atoms with van der Waals surface area (Å²) in [5.74, 6) is -2.83. The molecule has 3 aliphatic heterocycles. The van der Waals surface area contributed by atoms with Crippen LogP contribution in [-0.2, 0) is 33.3 Å². The van der Waals surface area contributed by atoms with E-state index in [2.05, 4.69) is 6.92 Å². The Morgan fingerprint density at radius 3 is 2.48 bits per heavy atom. The van der Waals surface area contributed by atoms with Crippen LogP contribution in [0.3, 0.4) is 0 Å². The summed E-state index contributed by atoms with van der Waals surface area (Å²) in [6, 6.07) is 7.00. The molecule has 0 unspecified atom stereocenters. The van der Waals surface area contributed by atoms with E-state index < -0.39 is 53.2 Å². The number of carbonyl (C=O) groups excluding carboxylic acids is 2. The molecule has 0 amide bonds. The van der Waals surface area contributed by atoms with Crippen molar-refractivity contribution in [3.05, 3.63) is 41.7 Å². The number of hydrogen-bond acceptors (Lipinski definition) is 10. The van der Waals surface area contributed by atoms with Gasteiger partial charge in [-0.25, -0.2) is 4.79 Å². The molecule has 9 atom stereocenters. The number of fused-ring (bicyclic) bond motifs is 2. The number of aliphatic hydroxyl groups is 2. The first-order chi connectivity index (χ1) is 19.6. The van der Waals surface area contributed by atoms with Crippen LogP contribution in [-0.4, -0.2) is 70.2 Å². The molecule has 0 radical (unpaired) electrons. The number of esters is 2. The number of methoxy groups -OCH3 is 1. The number of aliphatic hydroxyl groups excluding tert-OH is 1. The molecule has 42 heavy (non-hydrogen) atoms. The number of phenolic OH excluding ortho intramolecular Hbond substituents is 1. The largest absolute Gasteiger partial charge is 0.508 e. The number of phenols is 1. The fourth-order valence-electron chi connectivity index (χ4n) is 6.72.